The van der Waals surface area contributed by atoms with Crippen molar-refractivity contribution >= 4 is 45.2 Å². The number of carbonyl (C=O) groups is 1. The van der Waals surface area contributed by atoms with Crippen molar-refractivity contribution in [2.45, 2.75) is 46.6 Å². The van der Waals surface area contributed by atoms with Crippen LogP contribution in [0.5, 0.6) is 5.75 Å². The van der Waals surface area contributed by atoms with Crippen molar-refractivity contribution in [3.63, 3.8) is 0 Å². The quantitative estimate of drug-likeness (QED) is 0.127. The number of anilines is 5. The average Bonchev–Trinajstić information content (AvgIpc) is 3.13. The molecule has 6 rings (SSSR count). The normalized spacial score (nSPS) is 13.5. The molecular weight excluding hydrogens is 644 g/mol. The van der Waals surface area contributed by atoms with Crippen molar-refractivity contribution in [1.82, 2.24) is 9.88 Å². The number of methoxy groups -OCH3 is 1. The van der Waals surface area contributed by atoms with E-state index in [1.54, 1.807) is 0 Å². The summed E-state index contributed by atoms with van der Waals surface area (Å²) < 4.78 is 11.3. The number of carbonyl (C=O) groups excluding carboxylic acids is 1. The van der Waals surface area contributed by atoms with Crippen LogP contribution in [0.2, 0.25) is 0 Å². The number of pyridine rings is 1. The average molecular weight is 691 g/mol. The fourth-order valence-corrected chi connectivity index (χ4v) is 6.48. The van der Waals surface area contributed by atoms with Gasteiger partial charge in [0.2, 0.25) is 0 Å². The molecule has 5 aromatic rings. The van der Waals surface area contributed by atoms with Crippen LogP contribution < -0.4 is 36.4 Å². The van der Waals surface area contributed by atoms with Gasteiger partial charge in [-0.3, -0.25) is 19.5 Å². The standard InChI is InChI=1S/C40H46N6O5/c1-7-45(8-2)24-27-14-13-25(23-41-27)28-15-16-31(30-12-10-9-11-29(28)30)43-39(49)44-33-22-26(40(3,4)5)21-32(38(33)50-6)42-34-35(37(48)36(34)47)46-17-19-51-20-18-46/h9-16,21-23,42H,7-8,17-20,24H2,1-6H3,(H2,43,44,49). The molecule has 1 fully saturated rings. The van der Waals surface area contributed by atoms with Gasteiger partial charge in [0.05, 0.1) is 43.1 Å². The summed E-state index contributed by atoms with van der Waals surface area (Å²) in [5.41, 5.74) is 4.56. The number of fused-ring (bicyclic) bond motifs is 1. The van der Waals surface area contributed by atoms with Gasteiger partial charge in [0, 0.05) is 36.8 Å². The Kier molecular flexibility index (Phi) is 10.4. The van der Waals surface area contributed by atoms with E-state index in [1.807, 2.05) is 59.6 Å². The molecule has 2 amide bonds. The number of rotatable bonds is 11. The van der Waals surface area contributed by atoms with Crippen molar-refractivity contribution in [2.75, 3.05) is 67.4 Å². The van der Waals surface area contributed by atoms with E-state index in [1.165, 1.54) is 7.11 Å². The molecular formula is C40H46N6O5. The highest BCUT2D eigenvalue weighted by Crippen LogP contribution is 2.41. The zero-order valence-electron chi connectivity index (χ0n) is 30.2. The Balaban J connectivity index is 1.28. The van der Waals surface area contributed by atoms with E-state index in [4.69, 9.17) is 14.5 Å². The summed E-state index contributed by atoms with van der Waals surface area (Å²) in [6.07, 6.45) is 1.91. The van der Waals surface area contributed by atoms with E-state index >= 15 is 0 Å². The molecule has 0 unspecified atom stereocenters. The first-order valence-electron chi connectivity index (χ1n) is 17.4. The SMILES string of the molecule is CCN(CC)Cc1ccc(-c2ccc(NC(=O)Nc3cc(C(C)(C)C)cc(Nc4c(N5CCOCC5)c(=O)c4=O)c3OC)c3ccccc23)cn1. The minimum Gasteiger partial charge on any atom is -0.492 e. The van der Waals surface area contributed by atoms with Gasteiger partial charge in [0.1, 0.15) is 11.4 Å². The monoisotopic (exact) mass is 690 g/mol. The first kappa shape index (κ1) is 35.6. The molecule has 3 N–H and O–H groups in total. The van der Waals surface area contributed by atoms with Gasteiger partial charge >= 0.3 is 6.03 Å². The third-order valence-corrected chi connectivity index (χ3v) is 9.47. The van der Waals surface area contributed by atoms with Gasteiger partial charge in [-0.1, -0.05) is 71.0 Å². The molecule has 0 radical (unpaired) electrons. The molecule has 4 aromatic carbocycles. The van der Waals surface area contributed by atoms with Crippen LogP contribution in [-0.2, 0) is 16.7 Å². The molecule has 0 aliphatic carbocycles. The first-order valence-corrected chi connectivity index (χ1v) is 17.4. The van der Waals surface area contributed by atoms with Crippen molar-refractivity contribution in [3.05, 3.63) is 98.6 Å². The maximum Gasteiger partial charge on any atom is 0.323 e. The fraction of sp³-hybridized carbons (Fsp3) is 0.350. The minimum absolute atomic E-state index is 0.210. The summed E-state index contributed by atoms with van der Waals surface area (Å²) in [6, 6.07) is 19.3. The smallest absolute Gasteiger partial charge is 0.323 e. The molecule has 1 aliphatic rings. The van der Waals surface area contributed by atoms with E-state index in [-0.39, 0.29) is 11.1 Å². The summed E-state index contributed by atoms with van der Waals surface area (Å²) in [4.78, 5) is 48.1. The van der Waals surface area contributed by atoms with Gasteiger partial charge in [0.25, 0.3) is 10.9 Å². The second kappa shape index (κ2) is 14.9. The van der Waals surface area contributed by atoms with Crippen molar-refractivity contribution < 1.29 is 14.3 Å². The van der Waals surface area contributed by atoms with Crippen LogP contribution in [0, 0.1) is 0 Å². The summed E-state index contributed by atoms with van der Waals surface area (Å²) in [7, 11) is 1.50. The lowest BCUT2D eigenvalue weighted by molar-refractivity contribution is 0.122. The lowest BCUT2D eigenvalue weighted by Gasteiger charge is -2.31. The molecule has 2 heterocycles. The van der Waals surface area contributed by atoms with Crippen LogP contribution in [0.1, 0.15) is 45.9 Å². The van der Waals surface area contributed by atoms with Crippen molar-refractivity contribution in [2.24, 2.45) is 0 Å². The highest BCUT2D eigenvalue weighted by atomic mass is 16.5. The number of amides is 2. The molecule has 1 saturated heterocycles. The van der Waals surface area contributed by atoms with Crippen LogP contribution in [0.3, 0.4) is 0 Å². The Bertz CT molecular complexity index is 2100. The minimum atomic E-state index is -0.589. The fourth-order valence-electron chi connectivity index (χ4n) is 6.48. The third-order valence-electron chi connectivity index (χ3n) is 9.47. The van der Waals surface area contributed by atoms with Crippen LogP contribution in [0.4, 0.5) is 33.2 Å². The lowest BCUT2D eigenvalue weighted by atomic mass is 9.86. The Morgan fingerprint density at radius 3 is 2.24 bits per heavy atom. The summed E-state index contributed by atoms with van der Waals surface area (Å²) >= 11 is 0. The van der Waals surface area contributed by atoms with Crippen molar-refractivity contribution in [3.8, 4) is 16.9 Å². The summed E-state index contributed by atoms with van der Waals surface area (Å²) in [5, 5.41) is 11.1. The molecule has 266 valence electrons. The molecule has 1 aliphatic heterocycles. The zero-order valence-corrected chi connectivity index (χ0v) is 30.2. The van der Waals surface area contributed by atoms with Gasteiger partial charge in [-0.15, -0.1) is 0 Å². The molecule has 0 bridgehead atoms. The summed E-state index contributed by atoms with van der Waals surface area (Å²) in [6.45, 7) is 15.2. The number of hydrogen-bond donors (Lipinski definition) is 3. The number of hydrogen-bond acceptors (Lipinski definition) is 9. The number of urea groups is 1. The van der Waals surface area contributed by atoms with E-state index in [9.17, 15) is 14.4 Å². The molecule has 0 spiro atoms. The lowest BCUT2D eigenvalue weighted by Crippen LogP contribution is -2.46. The van der Waals surface area contributed by atoms with Crippen LogP contribution in [-0.4, -0.2) is 62.4 Å². The number of benzene rings is 3. The maximum atomic E-state index is 13.7. The van der Waals surface area contributed by atoms with E-state index in [2.05, 4.69) is 67.6 Å². The second-order valence-electron chi connectivity index (χ2n) is 13.7. The number of nitrogens with one attached hydrogen (secondary N) is 3. The van der Waals surface area contributed by atoms with E-state index in [0.717, 1.165) is 52.8 Å². The molecule has 1 aromatic heterocycles. The predicted molar refractivity (Wildman–Crippen MR) is 206 cm³/mol. The Morgan fingerprint density at radius 2 is 1.59 bits per heavy atom. The van der Waals surface area contributed by atoms with Crippen LogP contribution in [0.25, 0.3) is 21.9 Å². The topological polar surface area (TPSA) is 125 Å². The Hall–Kier alpha value is -5.26. The zero-order chi connectivity index (χ0) is 36.3. The van der Waals surface area contributed by atoms with E-state index in [0.29, 0.717) is 54.8 Å². The number of ether oxygens (including phenoxy) is 2. The molecule has 11 nitrogen and oxygen atoms in total. The first-order chi connectivity index (χ1) is 24.5. The maximum absolute atomic E-state index is 13.7. The molecule has 0 saturated carbocycles. The van der Waals surface area contributed by atoms with Gasteiger partial charge in [-0.2, -0.15) is 0 Å². The second-order valence-corrected chi connectivity index (χ2v) is 13.7. The van der Waals surface area contributed by atoms with Gasteiger partial charge in [-0.25, -0.2) is 4.79 Å². The molecule has 0 atom stereocenters. The molecule has 51 heavy (non-hydrogen) atoms. The predicted octanol–water partition coefficient (Wildman–Crippen LogP) is 6.87. The van der Waals surface area contributed by atoms with Crippen LogP contribution >= 0.6 is 0 Å². The van der Waals surface area contributed by atoms with E-state index < -0.39 is 16.9 Å². The highest BCUT2D eigenvalue weighted by Gasteiger charge is 2.29. The Morgan fingerprint density at radius 1 is 0.902 bits per heavy atom. The van der Waals surface area contributed by atoms with Gasteiger partial charge < -0.3 is 30.3 Å². The number of aromatic nitrogens is 1. The Labute approximate surface area is 298 Å². The molecule has 11 heteroatoms. The van der Waals surface area contributed by atoms with Crippen LogP contribution in [0.15, 0.2) is 76.4 Å². The number of morpholine rings is 1. The van der Waals surface area contributed by atoms with Gasteiger partial charge in [-0.05, 0) is 59.3 Å². The summed E-state index contributed by atoms with van der Waals surface area (Å²) in [5.74, 6) is 0.330. The van der Waals surface area contributed by atoms with Crippen molar-refractivity contribution in [1.29, 1.82) is 0 Å². The third kappa shape index (κ3) is 7.45. The largest absolute Gasteiger partial charge is 0.492 e. The van der Waals surface area contributed by atoms with Gasteiger partial charge in [0.15, 0.2) is 5.75 Å². The number of nitrogens with zero attached hydrogens (tertiary/aromatic N) is 3. The highest BCUT2D eigenvalue weighted by molar-refractivity contribution is 6.10.